The maximum atomic E-state index is 4.70. The van der Waals surface area contributed by atoms with Crippen LogP contribution in [0, 0.1) is 27.7 Å². The van der Waals surface area contributed by atoms with Crippen molar-refractivity contribution in [1.29, 1.82) is 0 Å². The number of rotatable bonds is 14. The molecule has 0 aliphatic rings. The van der Waals surface area contributed by atoms with Gasteiger partial charge >= 0.3 is 0 Å². The number of hydrogen-bond acceptors (Lipinski definition) is 3. The van der Waals surface area contributed by atoms with E-state index in [1.807, 2.05) is 0 Å². The summed E-state index contributed by atoms with van der Waals surface area (Å²) in [5.41, 5.74) is 19.0. The molecule has 0 N–H and O–H groups in total. The van der Waals surface area contributed by atoms with E-state index in [9.17, 15) is 0 Å². The van der Waals surface area contributed by atoms with Crippen LogP contribution in [0.5, 0.6) is 0 Å². The normalized spacial score (nSPS) is 11.5. The molecule has 1 heterocycles. The standard InChI is InChI=1S/C46H52N2S/c1-7-9-11-13-15-35-17-21-37(22-18-35)41-27-33(5)43(29-31(41)3)39-25-26-40(46-45(39)47-48-49-46)44-30-32(4)42(28-34(44)6)38-23-19-36(20-24-38)16-14-12-10-8-2/h17-30H,7-16H2,1-6H3. The second-order valence-electron chi connectivity index (χ2n) is 14.1. The first-order chi connectivity index (χ1) is 23.9. The van der Waals surface area contributed by atoms with E-state index in [1.165, 1.54) is 148 Å². The summed E-state index contributed by atoms with van der Waals surface area (Å²) < 4.78 is 5.63. The molecule has 1 aromatic heterocycles. The summed E-state index contributed by atoms with van der Waals surface area (Å²) in [6.45, 7) is 13.5. The Morgan fingerprint density at radius 2 is 0.878 bits per heavy atom. The molecule has 0 spiro atoms. The zero-order valence-corrected chi connectivity index (χ0v) is 31.3. The van der Waals surface area contributed by atoms with E-state index in [-0.39, 0.29) is 0 Å². The fourth-order valence-electron chi connectivity index (χ4n) is 7.34. The summed E-state index contributed by atoms with van der Waals surface area (Å²) >= 11 is 1.50. The lowest BCUT2D eigenvalue weighted by atomic mass is 9.88. The lowest BCUT2D eigenvalue weighted by molar-refractivity contribution is 0.667. The van der Waals surface area contributed by atoms with Gasteiger partial charge in [-0.1, -0.05) is 142 Å². The number of hydrogen-bond donors (Lipinski definition) is 0. The van der Waals surface area contributed by atoms with E-state index in [0.29, 0.717) is 0 Å². The molecule has 0 aliphatic carbocycles. The highest BCUT2D eigenvalue weighted by Crippen LogP contribution is 2.41. The van der Waals surface area contributed by atoms with Gasteiger partial charge in [-0.05, 0) is 132 Å². The van der Waals surface area contributed by atoms with Crippen LogP contribution in [0.25, 0.3) is 54.7 Å². The van der Waals surface area contributed by atoms with Gasteiger partial charge in [0.05, 0.1) is 4.70 Å². The van der Waals surface area contributed by atoms with Crippen molar-refractivity contribution in [2.75, 3.05) is 0 Å². The Hall–Kier alpha value is -4.08. The molecule has 0 bridgehead atoms. The van der Waals surface area contributed by atoms with Crippen molar-refractivity contribution in [1.82, 2.24) is 9.59 Å². The van der Waals surface area contributed by atoms with Crippen LogP contribution in [0.15, 0.2) is 84.9 Å². The van der Waals surface area contributed by atoms with Crippen LogP contribution >= 0.6 is 11.5 Å². The fourth-order valence-corrected chi connectivity index (χ4v) is 8.06. The van der Waals surface area contributed by atoms with Gasteiger partial charge in [0.2, 0.25) is 0 Å². The lowest BCUT2D eigenvalue weighted by Crippen LogP contribution is -1.94. The molecule has 6 aromatic rings. The van der Waals surface area contributed by atoms with Crippen molar-refractivity contribution >= 4 is 21.7 Å². The van der Waals surface area contributed by atoms with Gasteiger partial charge in [0.25, 0.3) is 0 Å². The van der Waals surface area contributed by atoms with E-state index in [1.54, 1.807) is 0 Å². The number of benzene rings is 5. The smallest absolute Gasteiger partial charge is 0.114 e. The molecule has 0 radical (unpaired) electrons. The van der Waals surface area contributed by atoms with Crippen LogP contribution in [0.4, 0.5) is 0 Å². The summed E-state index contributed by atoms with van der Waals surface area (Å²) in [7, 11) is 0. The first-order valence-corrected chi connectivity index (χ1v) is 19.3. The molecule has 0 amide bonds. The Labute approximate surface area is 298 Å². The summed E-state index contributed by atoms with van der Waals surface area (Å²) in [4.78, 5) is 0. The highest BCUT2D eigenvalue weighted by atomic mass is 32.1. The van der Waals surface area contributed by atoms with Gasteiger partial charge in [-0.2, -0.15) is 0 Å². The molecule has 2 nitrogen and oxygen atoms in total. The van der Waals surface area contributed by atoms with E-state index in [2.05, 4.69) is 131 Å². The number of aromatic nitrogens is 2. The van der Waals surface area contributed by atoms with Crippen molar-refractivity contribution in [2.24, 2.45) is 0 Å². The van der Waals surface area contributed by atoms with Gasteiger partial charge in [0.1, 0.15) is 5.52 Å². The molecule has 0 aliphatic heterocycles. The van der Waals surface area contributed by atoms with Gasteiger partial charge in [-0.3, -0.25) is 0 Å². The molecule has 0 saturated carbocycles. The molecule has 0 fully saturated rings. The molecular weight excluding hydrogens is 613 g/mol. The molecule has 0 unspecified atom stereocenters. The Morgan fingerprint density at radius 3 is 1.37 bits per heavy atom. The second-order valence-corrected chi connectivity index (χ2v) is 14.8. The third-order valence-electron chi connectivity index (χ3n) is 10.3. The quantitative estimate of drug-likeness (QED) is 0.108. The second kappa shape index (κ2) is 16.1. The molecule has 5 aromatic carbocycles. The first kappa shape index (κ1) is 34.8. The maximum Gasteiger partial charge on any atom is 0.114 e. The number of nitrogens with zero attached hydrogens (tertiary/aromatic N) is 2. The van der Waals surface area contributed by atoms with E-state index < -0.39 is 0 Å². The molecular formula is C46H52N2S. The van der Waals surface area contributed by atoms with Crippen molar-refractivity contribution < 1.29 is 0 Å². The summed E-state index contributed by atoms with van der Waals surface area (Å²) in [5.74, 6) is 0. The van der Waals surface area contributed by atoms with Crippen molar-refractivity contribution in [3.8, 4) is 44.5 Å². The minimum absolute atomic E-state index is 0.987. The third-order valence-corrected chi connectivity index (χ3v) is 11.1. The Bertz CT molecular complexity index is 1870. The molecule has 252 valence electrons. The summed E-state index contributed by atoms with van der Waals surface area (Å²) in [6.07, 6.45) is 12.8. The largest absolute Gasteiger partial charge is 0.137 e. The molecule has 6 rings (SSSR count). The van der Waals surface area contributed by atoms with E-state index in [0.717, 1.165) is 15.8 Å². The van der Waals surface area contributed by atoms with Gasteiger partial charge < -0.3 is 0 Å². The molecule has 0 saturated heterocycles. The molecule has 3 heteroatoms. The zero-order chi connectivity index (χ0) is 34.3. The molecule has 0 atom stereocenters. The van der Waals surface area contributed by atoms with Crippen LogP contribution in [-0.2, 0) is 12.8 Å². The van der Waals surface area contributed by atoms with Crippen LogP contribution < -0.4 is 0 Å². The zero-order valence-electron chi connectivity index (χ0n) is 30.5. The maximum absolute atomic E-state index is 4.70. The summed E-state index contributed by atoms with van der Waals surface area (Å²) in [5, 5.41) is 4.70. The minimum Gasteiger partial charge on any atom is -0.137 e. The number of aryl methyl sites for hydroxylation is 6. The van der Waals surface area contributed by atoms with Crippen LogP contribution in [0.2, 0.25) is 0 Å². The van der Waals surface area contributed by atoms with Gasteiger partial charge in [0, 0.05) is 11.1 Å². The van der Waals surface area contributed by atoms with Gasteiger partial charge in [-0.25, -0.2) is 0 Å². The number of fused-ring (bicyclic) bond motifs is 1. The minimum atomic E-state index is 0.987. The molecule has 49 heavy (non-hydrogen) atoms. The average Bonchev–Trinajstić information content (AvgIpc) is 3.61. The monoisotopic (exact) mass is 664 g/mol. The Kier molecular flexibility index (Phi) is 11.4. The van der Waals surface area contributed by atoms with E-state index >= 15 is 0 Å². The average molecular weight is 665 g/mol. The Morgan fingerprint density at radius 1 is 0.449 bits per heavy atom. The van der Waals surface area contributed by atoms with Crippen LogP contribution in [0.3, 0.4) is 0 Å². The Balaban J connectivity index is 1.26. The third kappa shape index (κ3) is 7.89. The van der Waals surface area contributed by atoms with E-state index in [4.69, 9.17) is 5.10 Å². The predicted octanol–water partition coefficient (Wildman–Crippen LogP) is 13.8. The van der Waals surface area contributed by atoms with Crippen LogP contribution in [-0.4, -0.2) is 9.59 Å². The van der Waals surface area contributed by atoms with Crippen molar-refractivity contribution in [3.05, 3.63) is 118 Å². The topological polar surface area (TPSA) is 25.8 Å². The van der Waals surface area contributed by atoms with Crippen molar-refractivity contribution in [2.45, 2.75) is 106 Å². The highest BCUT2D eigenvalue weighted by molar-refractivity contribution is 7.13. The SMILES string of the molecule is CCCCCCc1ccc(-c2cc(C)c(-c3ccc(-c4cc(C)c(-c5ccc(CCCCCC)cc5)cc4C)c4snnc34)cc2C)cc1. The van der Waals surface area contributed by atoms with Crippen LogP contribution in [0.1, 0.15) is 98.6 Å². The predicted molar refractivity (Wildman–Crippen MR) is 214 cm³/mol. The fraction of sp³-hybridized carbons (Fsp3) is 0.348. The summed E-state index contributed by atoms with van der Waals surface area (Å²) in [6, 6.07) is 32.4. The van der Waals surface area contributed by atoms with Gasteiger partial charge in [0.15, 0.2) is 0 Å². The van der Waals surface area contributed by atoms with Crippen molar-refractivity contribution in [3.63, 3.8) is 0 Å². The van der Waals surface area contributed by atoms with Gasteiger partial charge in [-0.15, -0.1) is 5.10 Å². The lowest BCUT2D eigenvalue weighted by Gasteiger charge is -2.16. The first-order valence-electron chi connectivity index (χ1n) is 18.5. The number of unbranched alkanes of at least 4 members (excludes halogenated alkanes) is 6. The highest BCUT2D eigenvalue weighted by Gasteiger charge is 2.18.